The van der Waals surface area contributed by atoms with Gasteiger partial charge in [0.15, 0.2) is 0 Å². The van der Waals surface area contributed by atoms with Crippen molar-refractivity contribution in [2.75, 3.05) is 6.61 Å². The normalized spacial score (nSPS) is 11.1. The zero-order chi connectivity index (χ0) is 19.3. The van der Waals surface area contributed by atoms with Gasteiger partial charge >= 0.3 is 0 Å². The summed E-state index contributed by atoms with van der Waals surface area (Å²) in [4.78, 5) is 9.55. The Balaban J connectivity index is 1.94. The quantitative estimate of drug-likeness (QED) is 0.530. The van der Waals surface area contributed by atoms with Crippen molar-refractivity contribution in [3.8, 4) is 22.4 Å². The van der Waals surface area contributed by atoms with Crippen molar-refractivity contribution in [2.24, 2.45) is 5.73 Å². The van der Waals surface area contributed by atoms with Gasteiger partial charge < -0.3 is 10.8 Å². The Labute approximate surface area is 164 Å². The third-order valence-corrected chi connectivity index (χ3v) is 4.95. The molecule has 2 heterocycles. The molecular formula is C24H23N3O. The molecule has 2 aromatic carbocycles. The summed E-state index contributed by atoms with van der Waals surface area (Å²) < 4.78 is 0. The van der Waals surface area contributed by atoms with Gasteiger partial charge in [0.05, 0.1) is 11.2 Å². The van der Waals surface area contributed by atoms with Crippen LogP contribution in [0, 0.1) is 0 Å². The van der Waals surface area contributed by atoms with Gasteiger partial charge in [-0.25, -0.2) is 4.98 Å². The van der Waals surface area contributed by atoms with Gasteiger partial charge in [-0.2, -0.15) is 0 Å². The Bertz CT molecular complexity index is 1080. The molecule has 0 amide bonds. The Kier molecular flexibility index (Phi) is 5.42. The van der Waals surface area contributed by atoms with Crippen molar-refractivity contribution in [2.45, 2.75) is 19.4 Å². The summed E-state index contributed by atoms with van der Waals surface area (Å²) >= 11 is 0. The van der Waals surface area contributed by atoms with Crippen LogP contribution in [0.5, 0.6) is 0 Å². The first kappa shape index (κ1) is 18.3. The number of pyridine rings is 2. The van der Waals surface area contributed by atoms with Crippen LogP contribution in [-0.4, -0.2) is 21.7 Å². The van der Waals surface area contributed by atoms with Crippen LogP contribution in [0.4, 0.5) is 0 Å². The number of benzene rings is 2. The van der Waals surface area contributed by atoms with Crippen LogP contribution in [0.2, 0.25) is 0 Å². The number of aryl methyl sites for hydroxylation is 1. The van der Waals surface area contributed by atoms with E-state index in [1.54, 1.807) is 6.20 Å². The van der Waals surface area contributed by atoms with Crippen LogP contribution in [0.3, 0.4) is 0 Å². The summed E-state index contributed by atoms with van der Waals surface area (Å²) in [6.07, 6.45) is 3.22. The summed E-state index contributed by atoms with van der Waals surface area (Å²) in [6.45, 7) is 0.680. The monoisotopic (exact) mass is 369 g/mol. The second-order valence-corrected chi connectivity index (χ2v) is 6.80. The largest absolute Gasteiger partial charge is 0.396 e. The number of rotatable bonds is 6. The highest BCUT2D eigenvalue weighted by Gasteiger charge is 2.13. The topological polar surface area (TPSA) is 72.0 Å². The van der Waals surface area contributed by atoms with Crippen LogP contribution >= 0.6 is 0 Å². The zero-order valence-corrected chi connectivity index (χ0v) is 15.7. The Morgan fingerprint density at radius 2 is 1.68 bits per heavy atom. The lowest BCUT2D eigenvalue weighted by molar-refractivity contribution is 0.288. The third kappa shape index (κ3) is 3.65. The second kappa shape index (κ2) is 8.30. The number of hydrogen-bond donors (Lipinski definition) is 2. The van der Waals surface area contributed by atoms with Gasteiger partial charge in [0, 0.05) is 41.6 Å². The lowest BCUT2D eigenvalue weighted by Gasteiger charge is -2.13. The lowest BCUT2D eigenvalue weighted by Crippen LogP contribution is -1.99. The van der Waals surface area contributed by atoms with Gasteiger partial charge in [0.2, 0.25) is 0 Å². The predicted octanol–water partition coefficient (Wildman–Crippen LogP) is 4.35. The molecule has 4 nitrogen and oxygen atoms in total. The molecule has 0 spiro atoms. The summed E-state index contributed by atoms with van der Waals surface area (Å²) in [5.74, 6) is 0. The highest BCUT2D eigenvalue weighted by molar-refractivity contribution is 5.92. The number of aliphatic hydroxyl groups is 1. The minimum atomic E-state index is 0.155. The molecule has 3 N–H and O–H groups in total. The van der Waals surface area contributed by atoms with Gasteiger partial charge in [-0.05, 0) is 36.1 Å². The number of aromatic nitrogens is 2. The van der Waals surface area contributed by atoms with Gasteiger partial charge in [0.25, 0.3) is 0 Å². The van der Waals surface area contributed by atoms with E-state index < -0.39 is 0 Å². The number of aliphatic hydroxyl groups excluding tert-OH is 1. The lowest BCUT2D eigenvalue weighted by atomic mass is 9.96. The van der Waals surface area contributed by atoms with E-state index in [-0.39, 0.29) is 6.61 Å². The van der Waals surface area contributed by atoms with Crippen LogP contribution in [-0.2, 0) is 13.0 Å². The number of fused-ring (bicyclic) bond motifs is 1. The summed E-state index contributed by atoms with van der Waals surface area (Å²) in [5.41, 5.74) is 12.9. The Morgan fingerprint density at radius 1 is 0.893 bits per heavy atom. The molecule has 4 heteroatoms. The van der Waals surface area contributed by atoms with E-state index in [0.29, 0.717) is 13.0 Å². The van der Waals surface area contributed by atoms with Crippen molar-refractivity contribution >= 4 is 10.9 Å². The molecule has 28 heavy (non-hydrogen) atoms. The maximum Gasteiger partial charge on any atom is 0.0788 e. The minimum Gasteiger partial charge on any atom is -0.396 e. The first-order valence-corrected chi connectivity index (χ1v) is 9.54. The first-order chi connectivity index (χ1) is 13.8. The van der Waals surface area contributed by atoms with Crippen LogP contribution < -0.4 is 5.73 Å². The molecule has 0 saturated heterocycles. The third-order valence-electron chi connectivity index (χ3n) is 4.95. The Hall–Kier alpha value is -3.08. The van der Waals surface area contributed by atoms with Gasteiger partial charge in [0.1, 0.15) is 0 Å². The molecule has 0 aliphatic heterocycles. The molecule has 4 rings (SSSR count). The molecule has 0 atom stereocenters. The first-order valence-electron chi connectivity index (χ1n) is 9.54. The Morgan fingerprint density at radius 3 is 2.39 bits per heavy atom. The van der Waals surface area contributed by atoms with E-state index >= 15 is 0 Å². The van der Waals surface area contributed by atoms with Gasteiger partial charge in [-0.1, -0.05) is 54.6 Å². The number of hydrogen-bond acceptors (Lipinski definition) is 4. The maximum atomic E-state index is 9.22. The molecule has 0 saturated carbocycles. The van der Waals surface area contributed by atoms with Gasteiger partial charge in [-0.3, -0.25) is 4.98 Å². The van der Waals surface area contributed by atoms with Crippen molar-refractivity contribution in [1.29, 1.82) is 0 Å². The summed E-state index contributed by atoms with van der Waals surface area (Å²) in [5, 5.41) is 10.3. The molecule has 0 aliphatic carbocycles. The predicted molar refractivity (Wildman–Crippen MR) is 114 cm³/mol. The van der Waals surface area contributed by atoms with Crippen molar-refractivity contribution in [3.63, 3.8) is 0 Å². The SMILES string of the molecule is NCc1ccc(-c2nc3ccnc(CCCO)c3cc2-c2ccccc2)cc1. The molecule has 0 radical (unpaired) electrons. The molecule has 0 fully saturated rings. The highest BCUT2D eigenvalue weighted by atomic mass is 16.2. The molecule has 2 aromatic heterocycles. The number of nitrogens with zero attached hydrogens (tertiary/aromatic N) is 2. The summed E-state index contributed by atoms with van der Waals surface area (Å²) in [6, 6.07) is 22.7. The average Bonchev–Trinajstić information content (AvgIpc) is 2.77. The molecule has 0 unspecified atom stereocenters. The van der Waals surface area contributed by atoms with Crippen LogP contribution in [0.25, 0.3) is 33.3 Å². The van der Waals surface area contributed by atoms with E-state index in [1.807, 2.05) is 24.3 Å². The average molecular weight is 369 g/mol. The fraction of sp³-hybridized carbons (Fsp3) is 0.167. The highest BCUT2D eigenvalue weighted by Crippen LogP contribution is 2.34. The molecular weight excluding hydrogens is 346 g/mol. The summed E-state index contributed by atoms with van der Waals surface area (Å²) in [7, 11) is 0. The van der Waals surface area contributed by atoms with E-state index in [2.05, 4.69) is 47.4 Å². The van der Waals surface area contributed by atoms with Crippen molar-refractivity contribution in [3.05, 3.63) is 84.2 Å². The molecule has 0 bridgehead atoms. The van der Waals surface area contributed by atoms with E-state index in [4.69, 9.17) is 10.7 Å². The molecule has 140 valence electrons. The van der Waals surface area contributed by atoms with Crippen LogP contribution in [0.15, 0.2) is 72.9 Å². The second-order valence-electron chi connectivity index (χ2n) is 6.80. The van der Waals surface area contributed by atoms with E-state index in [0.717, 1.165) is 51.0 Å². The van der Waals surface area contributed by atoms with Crippen molar-refractivity contribution < 1.29 is 5.11 Å². The smallest absolute Gasteiger partial charge is 0.0788 e. The molecule has 4 aromatic rings. The molecule has 0 aliphatic rings. The van der Waals surface area contributed by atoms with Crippen molar-refractivity contribution in [1.82, 2.24) is 9.97 Å². The number of nitrogens with two attached hydrogens (primary N) is 1. The fourth-order valence-corrected chi connectivity index (χ4v) is 3.46. The van der Waals surface area contributed by atoms with Gasteiger partial charge in [-0.15, -0.1) is 0 Å². The van der Waals surface area contributed by atoms with E-state index in [9.17, 15) is 5.11 Å². The minimum absolute atomic E-state index is 0.155. The maximum absolute atomic E-state index is 9.22. The fourth-order valence-electron chi connectivity index (χ4n) is 3.46. The standard InChI is InChI=1S/C24H23N3O/c25-16-17-8-10-19(11-9-17)24-20(18-5-2-1-3-6-18)15-21-22(7-4-14-28)26-13-12-23(21)27-24/h1-3,5-6,8-13,15,28H,4,7,14,16,25H2. The van der Waals surface area contributed by atoms with E-state index in [1.165, 1.54) is 0 Å². The van der Waals surface area contributed by atoms with Crippen LogP contribution in [0.1, 0.15) is 17.7 Å². The zero-order valence-electron chi connectivity index (χ0n) is 15.7.